The van der Waals surface area contributed by atoms with Gasteiger partial charge in [0, 0.05) is 50.9 Å². The molecule has 2 unspecified atom stereocenters. The molecule has 0 aliphatic carbocycles. The highest BCUT2D eigenvalue weighted by Crippen LogP contribution is 2.15. The zero-order valence-corrected chi connectivity index (χ0v) is 15.5. The molecule has 0 amide bonds. The maximum atomic E-state index is 10.2. The molecule has 0 spiro atoms. The number of hydrogen-bond acceptors (Lipinski definition) is 5. The number of halogens is 1. The number of rotatable bonds is 8. The first-order chi connectivity index (χ1) is 12.2. The van der Waals surface area contributed by atoms with E-state index in [1.165, 1.54) is 12.8 Å². The molecule has 0 saturated carbocycles. The molecule has 2 aliphatic rings. The number of hydrogen-bond donors (Lipinski definition) is 1. The molecule has 1 aromatic rings. The van der Waals surface area contributed by atoms with Crippen LogP contribution < -0.4 is 0 Å². The van der Waals surface area contributed by atoms with Crippen molar-refractivity contribution in [1.82, 2.24) is 9.80 Å². The summed E-state index contributed by atoms with van der Waals surface area (Å²) in [7, 11) is 0. The fraction of sp³-hybridized carbons (Fsp3) is 0.684. The monoisotopic (exact) mass is 368 g/mol. The van der Waals surface area contributed by atoms with Crippen molar-refractivity contribution in [2.75, 3.05) is 52.5 Å². The zero-order valence-electron chi connectivity index (χ0n) is 14.8. The Balaban J connectivity index is 1.28. The van der Waals surface area contributed by atoms with E-state index in [4.69, 9.17) is 21.1 Å². The molecular formula is C19H29ClN2O3. The molecule has 1 N–H and O–H groups in total. The molecule has 2 atom stereocenters. The van der Waals surface area contributed by atoms with Crippen LogP contribution >= 0.6 is 11.6 Å². The Bertz CT molecular complexity index is 500. The highest BCUT2D eigenvalue weighted by molar-refractivity contribution is 6.30. The number of nitrogens with zero attached hydrogens (tertiary/aromatic N) is 2. The summed E-state index contributed by atoms with van der Waals surface area (Å²) < 4.78 is 11.3. The van der Waals surface area contributed by atoms with Crippen molar-refractivity contribution in [2.45, 2.75) is 31.7 Å². The molecule has 2 aliphatic heterocycles. The van der Waals surface area contributed by atoms with Gasteiger partial charge in [0.2, 0.25) is 0 Å². The minimum Gasteiger partial charge on any atom is -0.389 e. The summed E-state index contributed by atoms with van der Waals surface area (Å²) in [5.74, 6) is 0. The Morgan fingerprint density at radius 1 is 1.16 bits per heavy atom. The van der Waals surface area contributed by atoms with Gasteiger partial charge in [-0.1, -0.05) is 23.7 Å². The van der Waals surface area contributed by atoms with E-state index >= 15 is 0 Å². The van der Waals surface area contributed by atoms with E-state index in [2.05, 4.69) is 9.80 Å². The predicted octanol–water partition coefficient (Wildman–Crippen LogP) is 2.01. The molecule has 3 rings (SSSR count). The van der Waals surface area contributed by atoms with Crippen LogP contribution in [-0.4, -0.2) is 79.6 Å². The van der Waals surface area contributed by atoms with Crippen LogP contribution in [0.3, 0.4) is 0 Å². The smallest absolute Gasteiger partial charge is 0.0900 e. The maximum absolute atomic E-state index is 10.2. The summed E-state index contributed by atoms with van der Waals surface area (Å²) in [5.41, 5.74) is 1.07. The molecule has 0 bridgehead atoms. The SMILES string of the molecule is OC(COCc1ccc(Cl)cc1)CN1CCN(CC2CCCO2)CC1. The second kappa shape index (κ2) is 9.86. The van der Waals surface area contributed by atoms with Gasteiger partial charge in [-0.15, -0.1) is 0 Å². The average molecular weight is 369 g/mol. The minimum absolute atomic E-state index is 0.360. The van der Waals surface area contributed by atoms with Gasteiger partial charge in [0.25, 0.3) is 0 Å². The van der Waals surface area contributed by atoms with E-state index in [0.29, 0.717) is 25.9 Å². The van der Waals surface area contributed by atoms with Crippen LogP contribution in [0, 0.1) is 0 Å². The van der Waals surface area contributed by atoms with Crippen LogP contribution in [0.25, 0.3) is 0 Å². The van der Waals surface area contributed by atoms with Crippen molar-refractivity contribution in [2.24, 2.45) is 0 Å². The molecule has 0 aromatic heterocycles. The van der Waals surface area contributed by atoms with Crippen molar-refractivity contribution in [3.63, 3.8) is 0 Å². The van der Waals surface area contributed by atoms with Gasteiger partial charge in [0.15, 0.2) is 0 Å². The minimum atomic E-state index is -0.447. The van der Waals surface area contributed by atoms with Crippen LogP contribution in [-0.2, 0) is 16.1 Å². The van der Waals surface area contributed by atoms with Crippen LogP contribution in [0.15, 0.2) is 24.3 Å². The first kappa shape index (κ1) is 19.1. The van der Waals surface area contributed by atoms with Gasteiger partial charge in [0.1, 0.15) is 0 Å². The summed E-state index contributed by atoms with van der Waals surface area (Å²) in [5, 5.41) is 10.9. The lowest BCUT2D eigenvalue weighted by molar-refractivity contribution is -0.00344. The Kier molecular flexibility index (Phi) is 7.52. The van der Waals surface area contributed by atoms with E-state index in [0.717, 1.165) is 49.9 Å². The molecule has 25 heavy (non-hydrogen) atoms. The van der Waals surface area contributed by atoms with Crippen molar-refractivity contribution < 1.29 is 14.6 Å². The topological polar surface area (TPSA) is 45.2 Å². The highest BCUT2D eigenvalue weighted by Gasteiger charge is 2.23. The van der Waals surface area contributed by atoms with E-state index in [9.17, 15) is 5.11 Å². The largest absolute Gasteiger partial charge is 0.389 e. The third-order valence-electron chi connectivity index (χ3n) is 4.91. The number of ether oxygens (including phenoxy) is 2. The summed E-state index contributed by atoms with van der Waals surface area (Å²) in [6.07, 6.45) is 2.38. The molecule has 2 fully saturated rings. The van der Waals surface area contributed by atoms with Gasteiger partial charge in [-0.25, -0.2) is 0 Å². The lowest BCUT2D eigenvalue weighted by Crippen LogP contribution is -2.50. The first-order valence-corrected chi connectivity index (χ1v) is 9.63. The predicted molar refractivity (Wildman–Crippen MR) is 99.0 cm³/mol. The maximum Gasteiger partial charge on any atom is 0.0900 e. The molecular weight excluding hydrogens is 340 g/mol. The standard InChI is InChI=1S/C19H29ClN2O3/c20-17-5-3-16(4-6-17)14-24-15-18(23)12-21-7-9-22(10-8-21)13-19-2-1-11-25-19/h3-6,18-19,23H,1-2,7-15H2. The van der Waals surface area contributed by atoms with Crippen LogP contribution in [0.1, 0.15) is 18.4 Å². The summed E-state index contributed by atoms with van der Waals surface area (Å²) in [6.45, 7) is 7.63. The fourth-order valence-corrected chi connectivity index (χ4v) is 3.60. The number of piperazine rings is 1. The molecule has 6 heteroatoms. The molecule has 0 radical (unpaired) electrons. The number of benzene rings is 1. The molecule has 2 heterocycles. The number of β-amino-alcohol motifs (C(OH)–C–C–N with tert-alkyl or cyclic N) is 1. The molecule has 2 saturated heterocycles. The Morgan fingerprint density at radius 3 is 2.56 bits per heavy atom. The summed E-state index contributed by atoms with van der Waals surface area (Å²) in [6, 6.07) is 7.60. The van der Waals surface area contributed by atoms with Gasteiger partial charge in [-0.3, -0.25) is 9.80 Å². The molecule has 140 valence electrons. The zero-order chi connectivity index (χ0) is 17.5. The van der Waals surface area contributed by atoms with E-state index < -0.39 is 6.10 Å². The normalized spacial score (nSPS) is 23.8. The quantitative estimate of drug-likeness (QED) is 0.760. The highest BCUT2D eigenvalue weighted by atomic mass is 35.5. The first-order valence-electron chi connectivity index (χ1n) is 9.25. The lowest BCUT2D eigenvalue weighted by atomic mass is 10.2. The van der Waals surface area contributed by atoms with Gasteiger partial charge in [-0.05, 0) is 30.5 Å². The van der Waals surface area contributed by atoms with Crippen molar-refractivity contribution in [1.29, 1.82) is 0 Å². The Morgan fingerprint density at radius 2 is 1.88 bits per heavy atom. The van der Waals surface area contributed by atoms with Crippen LogP contribution in [0.4, 0.5) is 0 Å². The van der Waals surface area contributed by atoms with Crippen LogP contribution in [0.2, 0.25) is 5.02 Å². The summed E-state index contributed by atoms with van der Waals surface area (Å²) >= 11 is 5.87. The number of aliphatic hydroxyl groups excluding tert-OH is 1. The average Bonchev–Trinajstić information content (AvgIpc) is 3.11. The van der Waals surface area contributed by atoms with Gasteiger partial charge < -0.3 is 14.6 Å². The summed E-state index contributed by atoms with van der Waals surface area (Å²) in [4.78, 5) is 4.80. The van der Waals surface area contributed by atoms with Gasteiger partial charge in [0.05, 0.1) is 25.4 Å². The van der Waals surface area contributed by atoms with Crippen molar-refractivity contribution >= 4 is 11.6 Å². The second-order valence-electron chi connectivity index (χ2n) is 7.03. The fourth-order valence-electron chi connectivity index (χ4n) is 3.47. The van der Waals surface area contributed by atoms with E-state index in [1.807, 2.05) is 24.3 Å². The van der Waals surface area contributed by atoms with Gasteiger partial charge >= 0.3 is 0 Å². The van der Waals surface area contributed by atoms with Crippen LogP contribution in [0.5, 0.6) is 0 Å². The Hall–Kier alpha value is -0.690. The van der Waals surface area contributed by atoms with E-state index in [-0.39, 0.29) is 0 Å². The van der Waals surface area contributed by atoms with Crippen molar-refractivity contribution in [3.05, 3.63) is 34.9 Å². The van der Waals surface area contributed by atoms with Crippen molar-refractivity contribution in [3.8, 4) is 0 Å². The third kappa shape index (κ3) is 6.51. The molecule has 1 aromatic carbocycles. The van der Waals surface area contributed by atoms with Gasteiger partial charge in [-0.2, -0.15) is 0 Å². The number of aliphatic hydroxyl groups is 1. The molecule has 5 nitrogen and oxygen atoms in total. The second-order valence-corrected chi connectivity index (χ2v) is 7.47. The lowest BCUT2D eigenvalue weighted by Gasteiger charge is -2.36. The van der Waals surface area contributed by atoms with E-state index in [1.54, 1.807) is 0 Å². The third-order valence-corrected chi connectivity index (χ3v) is 5.16. The Labute approximate surface area is 155 Å².